The van der Waals surface area contributed by atoms with Gasteiger partial charge in [0.15, 0.2) is 0 Å². The molecule has 0 saturated heterocycles. The quantitative estimate of drug-likeness (QED) is 0.795. The molecule has 0 aliphatic heterocycles. The molecule has 16 heavy (non-hydrogen) atoms. The van der Waals surface area contributed by atoms with E-state index in [1.54, 1.807) is 12.4 Å². The van der Waals surface area contributed by atoms with E-state index in [0.717, 1.165) is 12.8 Å². The van der Waals surface area contributed by atoms with Gasteiger partial charge in [0.05, 0.1) is 24.7 Å². The van der Waals surface area contributed by atoms with E-state index in [-0.39, 0.29) is 12.7 Å². The molecular weight excluding hydrogens is 204 g/mol. The largest absolute Gasteiger partial charge is 0.473 e. The van der Waals surface area contributed by atoms with E-state index in [0.29, 0.717) is 11.6 Å². The second-order valence-corrected chi connectivity index (χ2v) is 4.24. The number of nitrogens with zero attached hydrogens (tertiary/aromatic N) is 2. The molecule has 1 aromatic heterocycles. The average Bonchev–Trinajstić information content (AvgIpc) is 2.59. The second kappa shape index (κ2) is 5.80. The summed E-state index contributed by atoms with van der Waals surface area (Å²) in [6, 6.07) is 0. The SMILES string of the molecule is OCc1cnc(OC2CCCCCC2)cn1. The van der Waals surface area contributed by atoms with Crippen LogP contribution in [0.3, 0.4) is 0 Å². The Kier molecular flexibility index (Phi) is 4.10. The smallest absolute Gasteiger partial charge is 0.232 e. The molecule has 88 valence electrons. The van der Waals surface area contributed by atoms with Crippen LogP contribution in [-0.4, -0.2) is 21.2 Å². The van der Waals surface area contributed by atoms with Crippen LogP contribution in [0.2, 0.25) is 0 Å². The molecule has 1 heterocycles. The summed E-state index contributed by atoms with van der Waals surface area (Å²) in [7, 11) is 0. The topological polar surface area (TPSA) is 55.2 Å². The molecule has 4 heteroatoms. The molecule has 1 aliphatic carbocycles. The Balaban J connectivity index is 1.91. The number of aromatic nitrogens is 2. The van der Waals surface area contributed by atoms with E-state index >= 15 is 0 Å². The molecule has 1 fully saturated rings. The fraction of sp³-hybridized carbons (Fsp3) is 0.667. The minimum absolute atomic E-state index is 0.0727. The predicted octanol–water partition coefficient (Wildman–Crippen LogP) is 2.07. The van der Waals surface area contributed by atoms with Crippen molar-refractivity contribution in [2.45, 2.75) is 51.2 Å². The fourth-order valence-corrected chi connectivity index (χ4v) is 2.02. The highest BCUT2D eigenvalue weighted by atomic mass is 16.5. The maximum Gasteiger partial charge on any atom is 0.232 e. The fourth-order valence-electron chi connectivity index (χ4n) is 2.02. The van der Waals surface area contributed by atoms with Gasteiger partial charge in [-0.3, -0.25) is 4.98 Å². The Morgan fingerprint density at radius 3 is 2.44 bits per heavy atom. The molecule has 2 rings (SSSR count). The summed E-state index contributed by atoms with van der Waals surface area (Å²) < 4.78 is 5.78. The van der Waals surface area contributed by atoms with E-state index in [1.807, 2.05) is 0 Å². The average molecular weight is 222 g/mol. The third-order valence-corrected chi connectivity index (χ3v) is 2.93. The monoisotopic (exact) mass is 222 g/mol. The highest BCUT2D eigenvalue weighted by Gasteiger charge is 2.14. The molecule has 1 aromatic rings. The first-order valence-corrected chi connectivity index (χ1v) is 5.97. The van der Waals surface area contributed by atoms with Crippen molar-refractivity contribution >= 4 is 0 Å². The summed E-state index contributed by atoms with van der Waals surface area (Å²) in [5.74, 6) is 0.573. The van der Waals surface area contributed by atoms with Crippen molar-refractivity contribution in [3.63, 3.8) is 0 Å². The van der Waals surface area contributed by atoms with Gasteiger partial charge in [-0.1, -0.05) is 12.8 Å². The highest BCUT2D eigenvalue weighted by Crippen LogP contribution is 2.21. The van der Waals surface area contributed by atoms with Gasteiger partial charge >= 0.3 is 0 Å². The molecule has 0 bridgehead atoms. The van der Waals surface area contributed by atoms with Crippen LogP contribution in [-0.2, 0) is 6.61 Å². The van der Waals surface area contributed by atoms with Gasteiger partial charge in [0, 0.05) is 0 Å². The van der Waals surface area contributed by atoms with Crippen molar-refractivity contribution in [1.29, 1.82) is 0 Å². The van der Waals surface area contributed by atoms with Crippen LogP contribution in [0.25, 0.3) is 0 Å². The highest BCUT2D eigenvalue weighted by molar-refractivity contribution is 5.07. The molecule has 1 aliphatic rings. The van der Waals surface area contributed by atoms with Crippen molar-refractivity contribution in [3.8, 4) is 5.88 Å². The molecule has 0 spiro atoms. The molecule has 0 aromatic carbocycles. The molecule has 0 unspecified atom stereocenters. The zero-order chi connectivity index (χ0) is 11.2. The van der Waals surface area contributed by atoms with E-state index in [9.17, 15) is 0 Å². The lowest BCUT2D eigenvalue weighted by Crippen LogP contribution is -2.16. The van der Waals surface area contributed by atoms with E-state index < -0.39 is 0 Å². The summed E-state index contributed by atoms with van der Waals surface area (Å²) in [6.45, 7) is -0.0727. The Hall–Kier alpha value is -1.16. The van der Waals surface area contributed by atoms with E-state index in [2.05, 4.69) is 9.97 Å². The Morgan fingerprint density at radius 1 is 1.12 bits per heavy atom. The summed E-state index contributed by atoms with van der Waals surface area (Å²) in [5, 5.41) is 8.84. The van der Waals surface area contributed by atoms with Gasteiger partial charge in [-0.25, -0.2) is 4.98 Å². The predicted molar refractivity (Wildman–Crippen MR) is 60.1 cm³/mol. The minimum atomic E-state index is -0.0727. The summed E-state index contributed by atoms with van der Waals surface area (Å²) in [4.78, 5) is 8.18. The maximum atomic E-state index is 8.84. The molecule has 0 atom stereocenters. The zero-order valence-electron chi connectivity index (χ0n) is 9.43. The van der Waals surface area contributed by atoms with Crippen LogP contribution in [0.5, 0.6) is 5.88 Å². The summed E-state index contributed by atoms with van der Waals surface area (Å²) in [5.41, 5.74) is 0.577. The first-order chi connectivity index (χ1) is 7.88. The van der Waals surface area contributed by atoms with Gasteiger partial charge < -0.3 is 9.84 Å². The molecule has 0 amide bonds. The maximum absolute atomic E-state index is 8.84. The molecule has 1 N–H and O–H groups in total. The standard InChI is InChI=1S/C12H18N2O2/c15-9-10-7-14-12(8-13-10)16-11-5-3-1-2-4-6-11/h7-8,11,15H,1-6,9H2. The van der Waals surface area contributed by atoms with Crippen LogP contribution >= 0.6 is 0 Å². The lowest BCUT2D eigenvalue weighted by atomic mass is 10.1. The van der Waals surface area contributed by atoms with Crippen molar-refractivity contribution in [2.24, 2.45) is 0 Å². The first-order valence-electron chi connectivity index (χ1n) is 5.97. The molecule has 4 nitrogen and oxygen atoms in total. The molecule has 0 radical (unpaired) electrons. The van der Waals surface area contributed by atoms with Crippen molar-refractivity contribution in [2.75, 3.05) is 0 Å². The van der Waals surface area contributed by atoms with Crippen LogP contribution in [0.4, 0.5) is 0 Å². The van der Waals surface area contributed by atoms with Gasteiger partial charge in [-0.05, 0) is 25.7 Å². The van der Waals surface area contributed by atoms with Crippen molar-refractivity contribution in [1.82, 2.24) is 9.97 Å². The number of aliphatic hydroxyl groups excluding tert-OH is 1. The lowest BCUT2D eigenvalue weighted by molar-refractivity contribution is 0.175. The number of aliphatic hydroxyl groups is 1. The third kappa shape index (κ3) is 3.17. The van der Waals surface area contributed by atoms with E-state index in [1.165, 1.54) is 25.7 Å². The van der Waals surface area contributed by atoms with Gasteiger partial charge in [0.2, 0.25) is 5.88 Å². The number of ether oxygens (including phenoxy) is 1. The molecule has 1 saturated carbocycles. The lowest BCUT2D eigenvalue weighted by Gasteiger charge is -2.15. The van der Waals surface area contributed by atoms with Crippen molar-refractivity contribution in [3.05, 3.63) is 18.1 Å². The summed E-state index contributed by atoms with van der Waals surface area (Å²) in [6.07, 6.45) is 10.8. The number of hydrogen-bond acceptors (Lipinski definition) is 4. The van der Waals surface area contributed by atoms with E-state index in [4.69, 9.17) is 9.84 Å². The van der Waals surface area contributed by atoms with Gasteiger partial charge in [0.1, 0.15) is 6.10 Å². The third-order valence-electron chi connectivity index (χ3n) is 2.93. The Bertz CT molecular complexity index is 305. The summed E-state index contributed by atoms with van der Waals surface area (Å²) >= 11 is 0. The molecular formula is C12H18N2O2. The number of hydrogen-bond donors (Lipinski definition) is 1. The minimum Gasteiger partial charge on any atom is -0.473 e. The Morgan fingerprint density at radius 2 is 1.88 bits per heavy atom. The van der Waals surface area contributed by atoms with Crippen molar-refractivity contribution < 1.29 is 9.84 Å². The van der Waals surface area contributed by atoms with Crippen LogP contribution < -0.4 is 4.74 Å². The first kappa shape index (κ1) is 11.3. The second-order valence-electron chi connectivity index (χ2n) is 4.24. The number of rotatable bonds is 3. The Labute approximate surface area is 95.7 Å². The van der Waals surface area contributed by atoms with Gasteiger partial charge in [-0.15, -0.1) is 0 Å². The van der Waals surface area contributed by atoms with Crippen LogP contribution in [0.1, 0.15) is 44.2 Å². The van der Waals surface area contributed by atoms with Crippen LogP contribution in [0.15, 0.2) is 12.4 Å². The van der Waals surface area contributed by atoms with Gasteiger partial charge in [-0.2, -0.15) is 0 Å². The van der Waals surface area contributed by atoms with Crippen LogP contribution in [0, 0.1) is 0 Å². The zero-order valence-corrected chi connectivity index (χ0v) is 9.43. The normalized spacial score (nSPS) is 18.1. The van der Waals surface area contributed by atoms with Gasteiger partial charge in [0.25, 0.3) is 0 Å².